The maximum absolute atomic E-state index is 13.7. The molecule has 0 spiro atoms. The summed E-state index contributed by atoms with van der Waals surface area (Å²) < 4.78 is 31.3. The Bertz CT molecular complexity index is 644. The molecule has 7 heteroatoms. The Hall–Kier alpha value is -1.86. The van der Waals surface area contributed by atoms with Crippen LogP contribution in [0.2, 0.25) is 0 Å². The molecular formula is C22H34FN3O3. The van der Waals surface area contributed by atoms with E-state index in [2.05, 4.69) is 15.2 Å². The van der Waals surface area contributed by atoms with Crippen LogP contribution < -0.4 is 10.1 Å². The third-order valence-electron chi connectivity index (χ3n) is 5.46. The number of rotatable bonds is 7. The Labute approximate surface area is 173 Å². The van der Waals surface area contributed by atoms with E-state index in [-0.39, 0.29) is 29.9 Å². The summed E-state index contributed by atoms with van der Waals surface area (Å²) in [5.74, 6) is 0.782. The second-order valence-corrected chi connectivity index (χ2v) is 7.80. The number of nitrogens with one attached hydrogen (secondary N) is 1. The standard InChI is InChI=1S/C22H34FN3O3/c1-17(29-21-9-4-3-8-20(21)23)15-25-22(24-2)26-12-10-18(11-13-26)28-16-19-7-5-6-14-27-19/h3-4,8-9,17-19H,5-7,10-16H2,1-2H3,(H,24,25). The number of likely N-dealkylation sites (tertiary alicyclic amines) is 1. The molecule has 1 aromatic carbocycles. The Morgan fingerprint density at radius 3 is 2.76 bits per heavy atom. The van der Waals surface area contributed by atoms with Crippen LogP contribution >= 0.6 is 0 Å². The number of hydrogen-bond donors (Lipinski definition) is 1. The molecule has 2 unspecified atom stereocenters. The van der Waals surface area contributed by atoms with Gasteiger partial charge in [-0.25, -0.2) is 4.39 Å². The van der Waals surface area contributed by atoms with E-state index < -0.39 is 0 Å². The van der Waals surface area contributed by atoms with Crippen LogP contribution in [-0.2, 0) is 9.47 Å². The maximum Gasteiger partial charge on any atom is 0.193 e. The van der Waals surface area contributed by atoms with E-state index in [1.165, 1.54) is 18.9 Å². The highest BCUT2D eigenvalue weighted by atomic mass is 19.1. The van der Waals surface area contributed by atoms with Crippen molar-refractivity contribution in [2.24, 2.45) is 4.99 Å². The van der Waals surface area contributed by atoms with Crippen LogP contribution in [0.15, 0.2) is 29.3 Å². The molecule has 1 aromatic rings. The number of para-hydroxylation sites is 1. The number of hydrogen-bond acceptors (Lipinski definition) is 4. The Balaban J connectivity index is 1.36. The number of ether oxygens (including phenoxy) is 3. The Morgan fingerprint density at radius 2 is 2.07 bits per heavy atom. The number of nitrogens with zero attached hydrogens (tertiary/aromatic N) is 2. The van der Waals surface area contributed by atoms with Crippen LogP contribution in [-0.4, -0.2) is 69.1 Å². The third-order valence-corrected chi connectivity index (χ3v) is 5.46. The zero-order valence-electron chi connectivity index (χ0n) is 17.6. The number of aliphatic imine (C=N–C) groups is 1. The van der Waals surface area contributed by atoms with Crippen molar-refractivity contribution < 1.29 is 18.6 Å². The molecule has 3 rings (SSSR count). The topological polar surface area (TPSA) is 55.3 Å². The first-order chi connectivity index (χ1) is 14.2. The van der Waals surface area contributed by atoms with Crippen molar-refractivity contribution in [3.05, 3.63) is 30.1 Å². The first-order valence-electron chi connectivity index (χ1n) is 10.8. The predicted molar refractivity (Wildman–Crippen MR) is 112 cm³/mol. The van der Waals surface area contributed by atoms with Crippen LogP contribution in [0.5, 0.6) is 5.75 Å². The quantitative estimate of drug-likeness (QED) is 0.556. The molecule has 2 heterocycles. The molecule has 29 heavy (non-hydrogen) atoms. The van der Waals surface area contributed by atoms with Gasteiger partial charge in [0, 0.05) is 26.7 Å². The van der Waals surface area contributed by atoms with Gasteiger partial charge in [-0.1, -0.05) is 12.1 Å². The summed E-state index contributed by atoms with van der Waals surface area (Å²) in [4.78, 5) is 6.64. The number of halogens is 1. The molecule has 1 N–H and O–H groups in total. The normalized spacial score (nSPS) is 22.4. The first-order valence-corrected chi connectivity index (χ1v) is 10.8. The minimum atomic E-state index is -0.343. The molecule has 162 valence electrons. The summed E-state index contributed by atoms with van der Waals surface area (Å²) in [5, 5.41) is 3.34. The summed E-state index contributed by atoms with van der Waals surface area (Å²) in [7, 11) is 1.79. The van der Waals surface area contributed by atoms with Crippen molar-refractivity contribution in [3.63, 3.8) is 0 Å². The molecule has 2 aliphatic heterocycles. The van der Waals surface area contributed by atoms with Gasteiger partial charge in [-0.05, 0) is 51.2 Å². The first kappa shape index (κ1) is 21.8. The molecule has 0 saturated carbocycles. The van der Waals surface area contributed by atoms with Gasteiger partial charge in [0.25, 0.3) is 0 Å². The molecule has 0 aliphatic carbocycles. The second-order valence-electron chi connectivity index (χ2n) is 7.80. The van der Waals surface area contributed by atoms with Gasteiger partial charge in [-0.15, -0.1) is 0 Å². The van der Waals surface area contributed by atoms with E-state index in [9.17, 15) is 4.39 Å². The second kappa shape index (κ2) is 11.4. The average Bonchev–Trinajstić information content (AvgIpc) is 2.76. The van der Waals surface area contributed by atoms with Crippen LogP contribution in [0, 0.1) is 5.82 Å². The lowest BCUT2D eigenvalue weighted by Crippen LogP contribution is -2.49. The lowest BCUT2D eigenvalue weighted by atomic mass is 10.1. The monoisotopic (exact) mass is 407 g/mol. The minimum Gasteiger partial charge on any atom is -0.486 e. The SMILES string of the molecule is CN=C(NCC(C)Oc1ccccc1F)N1CCC(OCC2CCCCO2)CC1. The molecule has 2 atom stereocenters. The largest absolute Gasteiger partial charge is 0.486 e. The molecule has 0 aromatic heterocycles. The fraction of sp³-hybridized carbons (Fsp3) is 0.682. The van der Waals surface area contributed by atoms with Gasteiger partial charge < -0.3 is 24.4 Å². The van der Waals surface area contributed by atoms with E-state index >= 15 is 0 Å². The lowest BCUT2D eigenvalue weighted by Gasteiger charge is -2.35. The van der Waals surface area contributed by atoms with E-state index in [1.54, 1.807) is 25.2 Å². The fourth-order valence-electron chi connectivity index (χ4n) is 3.78. The van der Waals surface area contributed by atoms with Crippen molar-refractivity contribution in [3.8, 4) is 5.75 Å². The van der Waals surface area contributed by atoms with Crippen LogP contribution in [0.1, 0.15) is 39.0 Å². The fourth-order valence-corrected chi connectivity index (χ4v) is 3.78. The highest BCUT2D eigenvalue weighted by Gasteiger charge is 2.24. The van der Waals surface area contributed by atoms with Gasteiger partial charge in [0.1, 0.15) is 6.10 Å². The molecular weight excluding hydrogens is 373 g/mol. The van der Waals surface area contributed by atoms with Crippen molar-refractivity contribution in [2.45, 2.75) is 57.3 Å². The van der Waals surface area contributed by atoms with Gasteiger partial charge in [0.05, 0.1) is 25.4 Å². The van der Waals surface area contributed by atoms with Crippen LogP contribution in [0.25, 0.3) is 0 Å². The number of piperidine rings is 1. The summed E-state index contributed by atoms with van der Waals surface area (Å²) in [5.41, 5.74) is 0. The van der Waals surface area contributed by atoms with Gasteiger partial charge >= 0.3 is 0 Å². The average molecular weight is 408 g/mol. The highest BCUT2D eigenvalue weighted by molar-refractivity contribution is 5.80. The van der Waals surface area contributed by atoms with E-state index in [0.717, 1.165) is 44.9 Å². The van der Waals surface area contributed by atoms with Crippen LogP contribution in [0.3, 0.4) is 0 Å². The molecule has 0 radical (unpaired) electrons. The van der Waals surface area contributed by atoms with Crippen molar-refractivity contribution in [1.29, 1.82) is 0 Å². The Kier molecular flexibility index (Phi) is 8.55. The van der Waals surface area contributed by atoms with Crippen molar-refractivity contribution >= 4 is 5.96 Å². The zero-order valence-corrected chi connectivity index (χ0v) is 17.6. The summed E-state index contributed by atoms with van der Waals surface area (Å²) in [6.45, 7) is 5.85. The van der Waals surface area contributed by atoms with Crippen LogP contribution in [0.4, 0.5) is 4.39 Å². The predicted octanol–water partition coefficient (Wildman–Crippen LogP) is 3.22. The minimum absolute atomic E-state index is 0.181. The zero-order chi connectivity index (χ0) is 20.5. The van der Waals surface area contributed by atoms with Gasteiger partial charge in [0.2, 0.25) is 0 Å². The van der Waals surface area contributed by atoms with Gasteiger partial charge in [-0.3, -0.25) is 4.99 Å². The summed E-state index contributed by atoms with van der Waals surface area (Å²) in [6.07, 6.45) is 5.87. The molecule has 2 saturated heterocycles. The lowest BCUT2D eigenvalue weighted by molar-refractivity contribution is -0.0721. The van der Waals surface area contributed by atoms with E-state index in [1.807, 2.05) is 6.92 Å². The molecule has 2 fully saturated rings. The smallest absolute Gasteiger partial charge is 0.193 e. The summed E-state index contributed by atoms with van der Waals surface area (Å²) >= 11 is 0. The number of benzene rings is 1. The van der Waals surface area contributed by atoms with Crippen molar-refractivity contribution in [2.75, 3.05) is 39.9 Å². The molecule has 2 aliphatic rings. The maximum atomic E-state index is 13.7. The van der Waals surface area contributed by atoms with E-state index in [0.29, 0.717) is 13.2 Å². The highest BCUT2D eigenvalue weighted by Crippen LogP contribution is 2.19. The van der Waals surface area contributed by atoms with Gasteiger partial charge in [-0.2, -0.15) is 0 Å². The van der Waals surface area contributed by atoms with Crippen molar-refractivity contribution in [1.82, 2.24) is 10.2 Å². The summed E-state index contributed by atoms with van der Waals surface area (Å²) in [6, 6.07) is 6.47. The van der Waals surface area contributed by atoms with E-state index in [4.69, 9.17) is 14.2 Å². The number of guanidine groups is 1. The van der Waals surface area contributed by atoms with Gasteiger partial charge in [0.15, 0.2) is 17.5 Å². The third kappa shape index (κ3) is 6.85. The molecule has 6 nitrogen and oxygen atoms in total. The molecule has 0 amide bonds. The Morgan fingerprint density at radius 1 is 1.28 bits per heavy atom. The molecule has 0 bridgehead atoms.